The fourth-order valence-electron chi connectivity index (χ4n) is 3.50. The van der Waals surface area contributed by atoms with Crippen molar-refractivity contribution in [2.75, 3.05) is 0 Å². The first-order chi connectivity index (χ1) is 14.4. The minimum absolute atomic E-state index is 1.39. The minimum Gasteiger partial charge on any atom is -0.418 e. The number of hydrogen-bond donors (Lipinski definition) is 0. The molecular weight excluding hydrogens is 406 g/mol. The second kappa shape index (κ2) is 9.73. The van der Waals surface area contributed by atoms with Crippen LogP contribution in [0.25, 0.3) is 0 Å². The van der Waals surface area contributed by atoms with Crippen molar-refractivity contribution in [1.29, 1.82) is 0 Å². The molecule has 4 aromatic carbocycles. The van der Waals surface area contributed by atoms with Crippen LogP contribution in [0.4, 0.5) is 17.3 Å². The molecule has 0 bridgehead atoms. The first kappa shape index (κ1) is 21.8. The van der Waals surface area contributed by atoms with Crippen molar-refractivity contribution in [1.82, 2.24) is 0 Å². The van der Waals surface area contributed by atoms with Gasteiger partial charge in [0.25, 0.3) is 0 Å². The molecule has 0 aliphatic rings. The monoisotopic (exact) mass is 426 g/mol. The smallest absolute Gasteiger partial charge is 0.418 e. The molecule has 6 heteroatoms. The lowest BCUT2D eigenvalue weighted by Gasteiger charge is -2.27. The Morgan fingerprint density at radius 3 is 0.700 bits per heavy atom. The average Bonchev–Trinajstić information content (AvgIpc) is 2.76. The van der Waals surface area contributed by atoms with Crippen LogP contribution in [0.2, 0.25) is 0 Å². The average molecular weight is 426 g/mol. The van der Waals surface area contributed by atoms with Gasteiger partial charge in [0.05, 0.1) is 0 Å². The molecule has 4 aromatic rings. The second-order valence-electron chi connectivity index (χ2n) is 6.51. The van der Waals surface area contributed by atoms with E-state index in [2.05, 4.69) is 121 Å². The van der Waals surface area contributed by atoms with Gasteiger partial charge in [0, 0.05) is 0 Å². The van der Waals surface area contributed by atoms with Crippen molar-refractivity contribution < 1.29 is 17.3 Å². The highest BCUT2D eigenvalue weighted by Gasteiger charge is 2.47. The van der Waals surface area contributed by atoms with E-state index in [-0.39, 0.29) is 0 Å². The van der Waals surface area contributed by atoms with Crippen LogP contribution in [0.3, 0.4) is 0 Å². The summed E-state index contributed by atoms with van der Waals surface area (Å²) < 4.78 is 39.0. The Hall–Kier alpha value is -2.91. The summed E-state index contributed by atoms with van der Waals surface area (Å²) in [6, 6.07) is 43.8. The summed E-state index contributed by atoms with van der Waals surface area (Å²) >= 11 is 0. The van der Waals surface area contributed by atoms with E-state index < -0.39 is 14.5 Å². The molecule has 0 fully saturated rings. The summed E-state index contributed by atoms with van der Waals surface area (Å²) in [5.41, 5.74) is 0. The Balaban J connectivity index is 0.000000461. The van der Waals surface area contributed by atoms with Gasteiger partial charge in [-0.2, -0.15) is 0 Å². The third-order valence-corrected chi connectivity index (χ3v) is 8.86. The van der Waals surface area contributed by atoms with Crippen LogP contribution in [0.5, 0.6) is 0 Å². The number of hydrogen-bond acceptors (Lipinski definition) is 0. The van der Waals surface area contributed by atoms with Gasteiger partial charge in [-0.3, -0.25) is 0 Å². The van der Waals surface area contributed by atoms with Crippen LogP contribution in [0.15, 0.2) is 121 Å². The molecule has 0 saturated heterocycles. The second-order valence-corrected chi connectivity index (χ2v) is 9.92. The van der Waals surface area contributed by atoms with E-state index in [4.69, 9.17) is 0 Å². The Morgan fingerprint density at radius 1 is 0.367 bits per heavy atom. The van der Waals surface area contributed by atoms with Crippen LogP contribution in [0, 0.1) is 0 Å². The van der Waals surface area contributed by atoms with E-state index in [0.29, 0.717) is 0 Å². The van der Waals surface area contributed by atoms with Crippen molar-refractivity contribution in [3.05, 3.63) is 121 Å². The van der Waals surface area contributed by atoms with E-state index >= 15 is 0 Å². The van der Waals surface area contributed by atoms with Gasteiger partial charge >= 0.3 is 7.25 Å². The van der Waals surface area contributed by atoms with Gasteiger partial charge in [-0.25, -0.2) is 0 Å². The summed E-state index contributed by atoms with van der Waals surface area (Å²) in [7, 11) is -7.91. The predicted molar refractivity (Wildman–Crippen MR) is 121 cm³/mol. The first-order valence-corrected chi connectivity index (χ1v) is 11.2. The van der Waals surface area contributed by atoms with Gasteiger partial charge in [0.2, 0.25) is 0 Å². The zero-order valence-corrected chi connectivity index (χ0v) is 17.0. The lowest BCUT2D eigenvalue weighted by atomic mass is 10.3. The largest absolute Gasteiger partial charge is 0.673 e. The van der Waals surface area contributed by atoms with Crippen LogP contribution in [-0.4, -0.2) is 7.25 Å². The molecule has 0 heterocycles. The minimum atomic E-state index is -6.00. The Bertz CT molecular complexity index is 855. The highest BCUT2D eigenvalue weighted by molar-refractivity contribution is 8.01. The SMILES string of the molecule is F[B-](F)(F)F.c1ccc([P+](c2ccccc2)(c2ccccc2)c2ccccc2)cc1. The fourth-order valence-corrected chi connectivity index (χ4v) is 7.77. The Labute approximate surface area is 174 Å². The van der Waals surface area contributed by atoms with E-state index in [1.807, 2.05) is 0 Å². The maximum absolute atomic E-state index is 9.75. The lowest BCUT2D eigenvalue weighted by Crippen LogP contribution is -2.38. The van der Waals surface area contributed by atoms with Crippen LogP contribution >= 0.6 is 7.26 Å². The summed E-state index contributed by atoms with van der Waals surface area (Å²) in [6.07, 6.45) is 0. The zero-order valence-electron chi connectivity index (χ0n) is 16.1. The summed E-state index contributed by atoms with van der Waals surface area (Å²) in [5, 5.41) is 5.55. The molecule has 0 atom stereocenters. The molecule has 0 amide bonds. The van der Waals surface area contributed by atoms with Crippen molar-refractivity contribution >= 4 is 35.7 Å². The molecule has 0 spiro atoms. The van der Waals surface area contributed by atoms with Crippen LogP contribution in [-0.2, 0) is 0 Å². The van der Waals surface area contributed by atoms with Gasteiger partial charge < -0.3 is 17.3 Å². The molecule has 0 radical (unpaired) electrons. The van der Waals surface area contributed by atoms with Gasteiger partial charge in [-0.1, -0.05) is 72.8 Å². The number of rotatable bonds is 4. The molecular formula is C24H20BF4P. The quantitative estimate of drug-likeness (QED) is 0.226. The third kappa shape index (κ3) is 5.17. The van der Waals surface area contributed by atoms with Crippen molar-refractivity contribution in [2.45, 2.75) is 0 Å². The molecule has 152 valence electrons. The topological polar surface area (TPSA) is 0 Å². The van der Waals surface area contributed by atoms with Crippen molar-refractivity contribution in [3.8, 4) is 0 Å². The summed E-state index contributed by atoms with van der Waals surface area (Å²) in [4.78, 5) is 0. The van der Waals surface area contributed by atoms with Gasteiger partial charge in [-0.15, -0.1) is 0 Å². The predicted octanol–water partition coefficient (Wildman–Crippen LogP) is 5.61. The molecule has 0 saturated carbocycles. The number of halogens is 4. The number of benzene rings is 4. The Morgan fingerprint density at radius 2 is 0.533 bits per heavy atom. The van der Waals surface area contributed by atoms with E-state index in [0.717, 1.165) is 0 Å². The molecule has 0 aromatic heterocycles. The maximum atomic E-state index is 9.75. The molecule has 0 nitrogen and oxygen atoms in total. The fraction of sp³-hybridized carbons (Fsp3) is 0. The Kier molecular flexibility index (Phi) is 7.07. The van der Waals surface area contributed by atoms with Gasteiger partial charge in [0.1, 0.15) is 28.5 Å². The molecule has 4 rings (SSSR count). The van der Waals surface area contributed by atoms with E-state index in [1.165, 1.54) is 21.2 Å². The van der Waals surface area contributed by atoms with E-state index in [1.54, 1.807) is 0 Å². The third-order valence-electron chi connectivity index (χ3n) is 4.57. The van der Waals surface area contributed by atoms with Crippen LogP contribution < -0.4 is 21.2 Å². The molecule has 0 aliphatic carbocycles. The zero-order chi connectivity index (χ0) is 21.5. The van der Waals surface area contributed by atoms with Crippen molar-refractivity contribution in [3.63, 3.8) is 0 Å². The highest BCUT2D eigenvalue weighted by atomic mass is 31.2. The summed E-state index contributed by atoms with van der Waals surface area (Å²) in [6.45, 7) is 0. The lowest BCUT2D eigenvalue weighted by molar-refractivity contribution is 0.368. The summed E-state index contributed by atoms with van der Waals surface area (Å²) in [5.74, 6) is 0. The normalized spacial score (nSPS) is 11.3. The molecule has 0 N–H and O–H groups in total. The van der Waals surface area contributed by atoms with Crippen LogP contribution in [0.1, 0.15) is 0 Å². The van der Waals surface area contributed by atoms with Gasteiger partial charge in [0.15, 0.2) is 0 Å². The molecule has 0 aliphatic heterocycles. The highest BCUT2D eigenvalue weighted by Crippen LogP contribution is 2.53. The van der Waals surface area contributed by atoms with Gasteiger partial charge in [-0.05, 0) is 48.5 Å². The van der Waals surface area contributed by atoms with E-state index in [9.17, 15) is 17.3 Å². The molecule has 30 heavy (non-hydrogen) atoms. The molecule has 0 unspecified atom stereocenters. The van der Waals surface area contributed by atoms with Crippen molar-refractivity contribution in [2.24, 2.45) is 0 Å². The standard InChI is InChI=1S/C24H20P.BF4/c1-5-13-21(14-6-1)25(22-15-7-2-8-16-22,23-17-9-3-10-18-23)24-19-11-4-12-20-24;2-1(3,4)5/h1-20H;/q+1;-1. The first-order valence-electron chi connectivity index (χ1n) is 9.41. The maximum Gasteiger partial charge on any atom is 0.673 e.